The van der Waals surface area contributed by atoms with Gasteiger partial charge in [0.1, 0.15) is 0 Å². The monoisotopic (exact) mass is 373 g/mol. The number of nitrogens with zero attached hydrogens (tertiary/aromatic N) is 3. The van der Waals surface area contributed by atoms with Crippen LogP contribution < -0.4 is 0 Å². The lowest BCUT2D eigenvalue weighted by atomic mass is 9.83. The molecule has 0 bridgehead atoms. The van der Waals surface area contributed by atoms with Gasteiger partial charge in [-0.2, -0.15) is 30.0 Å². The third kappa shape index (κ3) is 3.46. The van der Waals surface area contributed by atoms with Gasteiger partial charge in [-0.15, -0.1) is 0 Å². The molecule has 4 rings (SSSR count). The summed E-state index contributed by atoms with van der Waals surface area (Å²) >= 11 is 2.09. The van der Waals surface area contributed by atoms with Crippen molar-refractivity contribution in [3.8, 4) is 0 Å². The summed E-state index contributed by atoms with van der Waals surface area (Å²) in [7, 11) is 1.64. The number of rotatable bonds is 2. The van der Waals surface area contributed by atoms with E-state index in [2.05, 4.69) is 21.8 Å². The average Bonchev–Trinajstić information content (AvgIpc) is 3.29. The summed E-state index contributed by atoms with van der Waals surface area (Å²) in [6.45, 7) is 2.44. The molecule has 3 aliphatic rings. The summed E-state index contributed by atoms with van der Waals surface area (Å²) in [4.78, 5) is 2.67. The molecule has 140 valence electrons. The molecule has 7 heteroatoms. The molecule has 1 aromatic rings. The van der Waals surface area contributed by atoms with E-state index in [1.807, 2.05) is 0 Å². The minimum absolute atomic E-state index is 0.212. The zero-order valence-electron chi connectivity index (χ0n) is 14.7. The van der Waals surface area contributed by atoms with Crippen molar-refractivity contribution in [2.24, 2.45) is 12.5 Å². The molecule has 0 amide bonds. The van der Waals surface area contributed by atoms with Gasteiger partial charge in [-0.1, -0.05) is 0 Å². The van der Waals surface area contributed by atoms with Crippen molar-refractivity contribution in [3.05, 3.63) is 17.5 Å². The maximum absolute atomic E-state index is 12.9. The van der Waals surface area contributed by atoms with Gasteiger partial charge in [-0.3, -0.25) is 9.58 Å². The molecular weight excluding hydrogens is 347 g/mol. The van der Waals surface area contributed by atoms with E-state index in [4.69, 9.17) is 0 Å². The summed E-state index contributed by atoms with van der Waals surface area (Å²) in [6.07, 6.45) is 2.48. The molecule has 1 aliphatic carbocycles. The molecule has 1 saturated carbocycles. The van der Waals surface area contributed by atoms with Gasteiger partial charge in [-0.25, -0.2) is 0 Å². The Morgan fingerprint density at radius 2 is 1.96 bits per heavy atom. The number of hydrogen-bond donors (Lipinski definition) is 0. The van der Waals surface area contributed by atoms with E-state index in [9.17, 15) is 13.2 Å². The van der Waals surface area contributed by atoms with Crippen LogP contribution in [-0.2, 0) is 13.2 Å². The predicted octanol–water partition coefficient (Wildman–Crippen LogP) is 4.29. The number of hydrogen-bond acceptors (Lipinski definition) is 3. The zero-order valence-corrected chi connectivity index (χ0v) is 15.5. The first kappa shape index (κ1) is 17.7. The molecule has 25 heavy (non-hydrogen) atoms. The highest BCUT2D eigenvalue weighted by Gasteiger charge is 2.43. The number of thioether (sulfide) groups is 1. The molecule has 3 fully saturated rings. The van der Waals surface area contributed by atoms with Gasteiger partial charge in [0, 0.05) is 37.0 Å². The maximum atomic E-state index is 12.9. The van der Waals surface area contributed by atoms with Crippen molar-refractivity contribution in [2.75, 3.05) is 24.6 Å². The lowest BCUT2D eigenvalue weighted by molar-refractivity contribution is -0.141. The largest absolute Gasteiger partial charge is 0.435 e. The Labute approximate surface area is 151 Å². The number of halogens is 3. The Bertz CT molecular complexity index is 614. The van der Waals surface area contributed by atoms with Crippen LogP contribution in [0.5, 0.6) is 0 Å². The Morgan fingerprint density at radius 1 is 1.20 bits per heavy atom. The van der Waals surface area contributed by atoms with Crippen LogP contribution in [0.2, 0.25) is 0 Å². The number of alkyl halides is 3. The number of likely N-dealkylation sites (tertiary alicyclic amines) is 1. The lowest BCUT2D eigenvalue weighted by Crippen LogP contribution is -2.38. The predicted molar refractivity (Wildman–Crippen MR) is 93.8 cm³/mol. The van der Waals surface area contributed by atoms with Crippen molar-refractivity contribution in [3.63, 3.8) is 0 Å². The van der Waals surface area contributed by atoms with Crippen LogP contribution in [0.1, 0.15) is 55.8 Å². The second kappa shape index (κ2) is 6.48. The van der Waals surface area contributed by atoms with Gasteiger partial charge in [0.2, 0.25) is 0 Å². The van der Waals surface area contributed by atoms with E-state index in [-0.39, 0.29) is 5.92 Å². The van der Waals surface area contributed by atoms with Crippen molar-refractivity contribution in [1.82, 2.24) is 14.7 Å². The van der Waals surface area contributed by atoms with Crippen LogP contribution in [0.15, 0.2) is 6.07 Å². The Balaban J connectivity index is 1.37. The van der Waals surface area contributed by atoms with Gasteiger partial charge in [0.05, 0.1) is 0 Å². The standard InChI is InChI=1S/C18H26F3N3S/c1-23-15(10-16(22-23)18(19,20)21)13-2-4-14(5-3-13)24-8-6-17(11-24)7-9-25-12-17/h10,13-14H,2-9,11-12H2,1H3. The summed E-state index contributed by atoms with van der Waals surface area (Å²) in [5.41, 5.74) is 0.550. The minimum Gasteiger partial charge on any atom is -0.300 e. The molecule has 0 aromatic carbocycles. The van der Waals surface area contributed by atoms with Gasteiger partial charge in [0.25, 0.3) is 0 Å². The molecule has 1 unspecified atom stereocenters. The molecule has 2 saturated heterocycles. The SMILES string of the molecule is Cn1nc(C(F)(F)F)cc1C1CCC(N2CCC3(CCSC3)C2)CC1. The summed E-state index contributed by atoms with van der Waals surface area (Å²) < 4.78 is 40.1. The second-order valence-corrected chi connectivity index (χ2v) is 9.21. The minimum atomic E-state index is -4.35. The van der Waals surface area contributed by atoms with E-state index < -0.39 is 11.9 Å². The highest BCUT2D eigenvalue weighted by molar-refractivity contribution is 7.99. The Hall–Kier alpha value is -0.690. The molecule has 3 heterocycles. The topological polar surface area (TPSA) is 21.1 Å². The van der Waals surface area contributed by atoms with E-state index in [0.717, 1.165) is 31.4 Å². The number of aryl methyl sites for hydroxylation is 1. The first-order valence-corrected chi connectivity index (χ1v) is 10.4. The molecule has 1 aromatic heterocycles. The van der Waals surface area contributed by atoms with Crippen molar-refractivity contribution >= 4 is 11.8 Å². The Morgan fingerprint density at radius 3 is 2.56 bits per heavy atom. The highest BCUT2D eigenvalue weighted by atomic mass is 32.2. The molecule has 1 atom stereocenters. The third-order valence-corrected chi connectivity index (χ3v) is 7.80. The second-order valence-electron chi connectivity index (χ2n) is 8.10. The normalized spacial score (nSPS) is 34.2. The van der Waals surface area contributed by atoms with Crippen molar-refractivity contribution in [1.29, 1.82) is 0 Å². The van der Waals surface area contributed by atoms with E-state index in [0.29, 0.717) is 11.5 Å². The van der Waals surface area contributed by atoms with Crippen LogP contribution >= 0.6 is 11.8 Å². The van der Waals surface area contributed by atoms with Crippen molar-refractivity contribution in [2.45, 2.75) is 56.7 Å². The Kier molecular flexibility index (Phi) is 4.59. The summed E-state index contributed by atoms with van der Waals surface area (Å²) in [6, 6.07) is 1.88. The van der Waals surface area contributed by atoms with E-state index >= 15 is 0 Å². The van der Waals surface area contributed by atoms with Gasteiger partial charge < -0.3 is 0 Å². The fourth-order valence-corrected chi connectivity index (χ4v) is 6.53. The van der Waals surface area contributed by atoms with Crippen LogP contribution in [-0.4, -0.2) is 45.3 Å². The molecule has 0 N–H and O–H groups in total. The molecule has 1 spiro atoms. The fourth-order valence-electron chi connectivity index (χ4n) is 4.99. The molecule has 0 radical (unpaired) electrons. The first-order chi connectivity index (χ1) is 11.9. The highest BCUT2D eigenvalue weighted by Crippen LogP contribution is 2.46. The number of aromatic nitrogens is 2. The quantitative estimate of drug-likeness (QED) is 0.771. The molecular formula is C18H26F3N3S. The van der Waals surface area contributed by atoms with E-state index in [1.165, 1.54) is 48.2 Å². The van der Waals surface area contributed by atoms with Crippen LogP contribution in [0, 0.1) is 5.41 Å². The van der Waals surface area contributed by atoms with Crippen LogP contribution in [0.25, 0.3) is 0 Å². The van der Waals surface area contributed by atoms with E-state index in [1.54, 1.807) is 7.05 Å². The third-order valence-electron chi connectivity index (χ3n) is 6.49. The van der Waals surface area contributed by atoms with Gasteiger partial charge in [0.15, 0.2) is 5.69 Å². The van der Waals surface area contributed by atoms with Crippen LogP contribution in [0.4, 0.5) is 13.2 Å². The average molecular weight is 373 g/mol. The lowest BCUT2D eigenvalue weighted by Gasteiger charge is -2.35. The summed E-state index contributed by atoms with van der Waals surface area (Å²) in [5.74, 6) is 2.83. The smallest absolute Gasteiger partial charge is 0.300 e. The van der Waals surface area contributed by atoms with Crippen LogP contribution in [0.3, 0.4) is 0 Å². The molecule has 3 nitrogen and oxygen atoms in total. The van der Waals surface area contributed by atoms with Crippen molar-refractivity contribution < 1.29 is 13.2 Å². The van der Waals surface area contributed by atoms with Gasteiger partial charge >= 0.3 is 6.18 Å². The molecule has 2 aliphatic heterocycles. The zero-order chi connectivity index (χ0) is 17.7. The summed E-state index contributed by atoms with van der Waals surface area (Å²) in [5, 5.41) is 3.68. The fraction of sp³-hybridized carbons (Fsp3) is 0.833. The van der Waals surface area contributed by atoms with Gasteiger partial charge in [-0.05, 0) is 62.3 Å². The first-order valence-electron chi connectivity index (χ1n) is 9.29. The maximum Gasteiger partial charge on any atom is 0.435 e.